The summed E-state index contributed by atoms with van der Waals surface area (Å²) in [5.41, 5.74) is 3.46. The molecule has 2 saturated carbocycles. The molecule has 3 fully saturated rings. The van der Waals surface area contributed by atoms with Crippen molar-refractivity contribution in [2.75, 3.05) is 11.9 Å². The van der Waals surface area contributed by atoms with Crippen molar-refractivity contribution in [1.29, 1.82) is 0 Å². The number of hydrogen-bond donors (Lipinski definition) is 1. The summed E-state index contributed by atoms with van der Waals surface area (Å²) in [7, 11) is 0. The van der Waals surface area contributed by atoms with Crippen LogP contribution in [0.5, 0.6) is 5.75 Å². The third kappa shape index (κ3) is 5.03. The lowest BCUT2D eigenvalue weighted by Gasteiger charge is -2.52. The average Bonchev–Trinajstić information content (AvgIpc) is 3.46. The molecule has 6 heteroatoms. The first-order valence-corrected chi connectivity index (χ1v) is 15.9. The lowest BCUT2D eigenvalue weighted by Crippen LogP contribution is -2.44. The second kappa shape index (κ2) is 10.9. The van der Waals surface area contributed by atoms with Crippen molar-refractivity contribution in [1.82, 2.24) is 4.98 Å². The molecule has 7 atom stereocenters. The molecule has 1 amide bonds. The van der Waals surface area contributed by atoms with E-state index in [0.29, 0.717) is 29.6 Å². The van der Waals surface area contributed by atoms with Crippen molar-refractivity contribution < 1.29 is 14.3 Å². The fourth-order valence-corrected chi connectivity index (χ4v) is 9.53. The smallest absolute Gasteiger partial charge is 0.226 e. The summed E-state index contributed by atoms with van der Waals surface area (Å²) in [6, 6.07) is 6.87. The van der Waals surface area contributed by atoms with Gasteiger partial charge in [-0.05, 0) is 117 Å². The van der Waals surface area contributed by atoms with Crippen molar-refractivity contribution >= 4 is 22.4 Å². The molecule has 2 aromatic rings. The summed E-state index contributed by atoms with van der Waals surface area (Å²) in [4.78, 5) is 18.3. The number of aryl methyl sites for hydroxylation is 2. The number of aromatic nitrogens is 1. The summed E-state index contributed by atoms with van der Waals surface area (Å²) in [6.45, 7) is 7.81. The van der Waals surface area contributed by atoms with E-state index in [9.17, 15) is 4.79 Å². The van der Waals surface area contributed by atoms with Gasteiger partial charge < -0.3 is 14.8 Å². The maximum Gasteiger partial charge on any atom is 0.226 e. The Morgan fingerprint density at radius 2 is 2.16 bits per heavy atom. The molecule has 206 valence electrons. The molecule has 0 spiro atoms. The van der Waals surface area contributed by atoms with E-state index >= 15 is 0 Å². The van der Waals surface area contributed by atoms with Gasteiger partial charge in [0, 0.05) is 23.9 Å². The highest BCUT2D eigenvalue weighted by atomic mass is 32.1. The molecule has 2 heterocycles. The van der Waals surface area contributed by atoms with Gasteiger partial charge in [-0.15, -0.1) is 11.3 Å². The Hall–Kier alpha value is -1.92. The van der Waals surface area contributed by atoms with Crippen molar-refractivity contribution in [2.24, 2.45) is 29.1 Å². The highest BCUT2D eigenvalue weighted by molar-refractivity contribution is 7.15. The first-order chi connectivity index (χ1) is 18.4. The number of nitrogens with zero attached hydrogens (tertiary/aromatic N) is 1. The summed E-state index contributed by atoms with van der Waals surface area (Å²) >= 11 is 1.56. The second-order valence-electron chi connectivity index (χ2n) is 12.6. The van der Waals surface area contributed by atoms with Gasteiger partial charge in [-0.25, -0.2) is 4.98 Å². The van der Waals surface area contributed by atoms with E-state index in [1.165, 1.54) is 44.1 Å². The van der Waals surface area contributed by atoms with Crippen LogP contribution in [0.3, 0.4) is 0 Å². The van der Waals surface area contributed by atoms with Gasteiger partial charge in [-0.2, -0.15) is 0 Å². The zero-order valence-corrected chi connectivity index (χ0v) is 24.2. The number of fused-ring (bicyclic) bond motifs is 5. The number of benzene rings is 1. The molecule has 1 N–H and O–H groups in total. The first kappa shape index (κ1) is 26.3. The summed E-state index contributed by atoms with van der Waals surface area (Å²) in [5.74, 6) is 4.58. The molecule has 4 unspecified atom stereocenters. The standard InChI is InChI=1S/C32H44N2O3S/c1-4-23-17-22(9-13-28(35)34-31-33-19-20(2)38-31)30-27-11-8-21-18-24(37-29-7-5-6-16-36-29)10-12-25(21)26(27)14-15-32(23,30)3/h10,12,18-19,22-23,26-27,29-30H,4-9,11,13-17H2,1-3H3,(H,33,34,35)/t22-,23+,26?,27?,29?,30?,32-/m1/s1. The largest absolute Gasteiger partial charge is 0.465 e. The van der Waals surface area contributed by atoms with Gasteiger partial charge in [-0.3, -0.25) is 4.79 Å². The van der Waals surface area contributed by atoms with Crippen molar-refractivity contribution in [3.05, 3.63) is 40.4 Å². The molecular weight excluding hydrogens is 492 g/mol. The van der Waals surface area contributed by atoms with Crippen LogP contribution in [0.4, 0.5) is 5.13 Å². The SMILES string of the molecule is CC[C@H]1C[C@@H](CCC(=O)Nc2ncc(C)s2)C2C3CCc4cc(OC5CCCCO5)ccc4C3CC[C@@]21C. The molecule has 6 rings (SSSR count). The minimum atomic E-state index is -0.0874. The van der Waals surface area contributed by atoms with Crippen molar-refractivity contribution in [2.45, 2.75) is 104 Å². The predicted octanol–water partition coefficient (Wildman–Crippen LogP) is 7.88. The highest BCUT2D eigenvalue weighted by Crippen LogP contribution is 2.66. The van der Waals surface area contributed by atoms with Crippen LogP contribution in [0.1, 0.15) is 100.0 Å². The van der Waals surface area contributed by atoms with E-state index in [1.807, 2.05) is 13.1 Å². The maximum atomic E-state index is 12.8. The monoisotopic (exact) mass is 536 g/mol. The Morgan fingerprint density at radius 3 is 2.92 bits per heavy atom. The van der Waals surface area contributed by atoms with E-state index in [-0.39, 0.29) is 12.2 Å². The highest BCUT2D eigenvalue weighted by Gasteiger charge is 2.57. The Balaban J connectivity index is 1.17. The van der Waals surface area contributed by atoms with Gasteiger partial charge in [-0.1, -0.05) is 26.3 Å². The minimum Gasteiger partial charge on any atom is -0.465 e. The van der Waals surface area contributed by atoms with E-state index in [4.69, 9.17) is 9.47 Å². The number of carbonyl (C=O) groups is 1. The molecule has 5 nitrogen and oxygen atoms in total. The number of amides is 1. The van der Waals surface area contributed by atoms with E-state index in [1.54, 1.807) is 16.9 Å². The summed E-state index contributed by atoms with van der Waals surface area (Å²) in [5, 5.41) is 3.78. The Labute approximate surface area is 232 Å². The topological polar surface area (TPSA) is 60.5 Å². The Kier molecular flexibility index (Phi) is 7.56. The number of anilines is 1. The molecule has 1 saturated heterocycles. The fraction of sp³-hybridized carbons (Fsp3) is 0.688. The molecular formula is C32H44N2O3S. The number of hydrogen-bond acceptors (Lipinski definition) is 5. The number of nitrogens with one attached hydrogen (secondary N) is 1. The molecule has 1 aliphatic heterocycles. The Morgan fingerprint density at radius 1 is 1.26 bits per heavy atom. The number of ether oxygens (including phenoxy) is 2. The van der Waals surface area contributed by atoms with Crippen LogP contribution in [0.2, 0.25) is 0 Å². The van der Waals surface area contributed by atoms with Crippen molar-refractivity contribution in [3.63, 3.8) is 0 Å². The van der Waals surface area contributed by atoms with Crippen LogP contribution in [0.15, 0.2) is 24.4 Å². The van der Waals surface area contributed by atoms with Crippen LogP contribution >= 0.6 is 11.3 Å². The molecule has 1 aromatic heterocycles. The number of rotatable bonds is 7. The van der Waals surface area contributed by atoms with Gasteiger partial charge >= 0.3 is 0 Å². The van der Waals surface area contributed by atoms with Crippen molar-refractivity contribution in [3.8, 4) is 5.75 Å². The van der Waals surface area contributed by atoms with E-state index in [2.05, 4.69) is 42.3 Å². The Bertz CT molecular complexity index is 1140. The van der Waals surface area contributed by atoms with Gasteiger partial charge in [0.1, 0.15) is 5.75 Å². The van der Waals surface area contributed by atoms with E-state index in [0.717, 1.165) is 59.9 Å². The first-order valence-electron chi connectivity index (χ1n) is 15.1. The molecule has 0 bridgehead atoms. The summed E-state index contributed by atoms with van der Waals surface area (Å²) in [6.07, 6.45) is 14.2. The quantitative estimate of drug-likeness (QED) is 0.391. The molecule has 38 heavy (non-hydrogen) atoms. The lowest BCUT2D eigenvalue weighted by molar-refractivity contribution is -0.116. The van der Waals surface area contributed by atoms with Crippen LogP contribution in [0, 0.1) is 36.0 Å². The van der Waals surface area contributed by atoms with Crippen LogP contribution in [0.25, 0.3) is 0 Å². The van der Waals surface area contributed by atoms with Gasteiger partial charge in [0.25, 0.3) is 0 Å². The van der Waals surface area contributed by atoms with E-state index < -0.39 is 0 Å². The third-order valence-electron chi connectivity index (χ3n) is 10.5. The van der Waals surface area contributed by atoms with Gasteiger partial charge in [0.05, 0.1) is 6.61 Å². The van der Waals surface area contributed by atoms with Gasteiger partial charge in [0.15, 0.2) is 11.4 Å². The number of carbonyl (C=O) groups excluding carboxylic acids is 1. The van der Waals surface area contributed by atoms with Crippen LogP contribution in [-0.2, 0) is 16.0 Å². The molecule has 3 aliphatic carbocycles. The third-order valence-corrected chi connectivity index (χ3v) is 11.4. The zero-order chi connectivity index (χ0) is 26.3. The fourth-order valence-electron chi connectivity index (χ4n) is 8.85. The molecule has 1 aromatic carbocycles. The van der Waals surface area contributed by atoms with Gasteiger partial charge in [0.2, 0.25) is 5.91 Å². The van der Waals surface area contributed by atoms with Crippen LogP contribution < -0.4 is 10.1 Å². The molecule has 0 radical (unpaired) electrons. The zero-order valence-electron chi connectivity index (χ0n) is 23.3. The molecule has 4 aliphatic rings. The number of thiazole rings is 1. The lowest BCUT2D eigenvalue weighted by atomic mass is 9.52. The average molecular weight is 537 g/mol. The van der Waals surface area contributed by atoms with Crippen LogP contribution in [-0.4, -0.2) is 23.8 Å². The summed E-state index contributed by atoms with van der Waals surface area (Å²) < 4.78 is 12.0. The normalized spacial score (nSPS) is 34.2. The second-order valence-corrected chi connectivity index (χ2v) is 13.9. The predicted molar refractivity (Wildman–Crippen MR) is 153 cm³/mol. The maximum absolute atomic E-state index is 12.8. The minimum absolute atomic E-state index is 0.0874.